The minimum Gasteiger partial charge on any atom is -0.289 e. The summed E-state index contributed by atoms with van der Waals surface area (Å²) in [5.74, 6) is -0.100. The number of halogens is 2. The van der Waals surface area contributed by atoms with Gasteiger partial charge in [0.1, 0.15) is 0 Å². The molecular weight excluding hydrogens is 303 g/mol. The molecule has 0 fully saturated rings. The molecule has 21 heavy (non-hydrogen) atoms. The predicted molar refractivity (Wildman–Crippen MR) is 88.6 cm³/mol. The summed E-state index contributed by atoms with van der Waals surface area (Å²) < 4.78 is 0. The topological polar surface area (TPSA) is 17.1 Å². The maximum atomic E-state index is 12.9. The highest BCUT2D eigenvalue weighted by Crippen LogP contribution is 2.28. The van der Waals surface area contributed by atoms with Gasteiger partial charge in [0.2, 0.25) is 0 Å². The SMILES string of the molecule is Cc1ccc2ccccc2c1C(=O)c1cc(Cl)ccc1Cl. The molecule has 0 aliphatic rings. The molecule has 0 aromatic heterocycles. The Morgan fingerprint density at radius 1 is 0.952 bits per heavy atom. The lowest BCUT2D eigenvalue weighted by molar-refractivity contribution is 0.104. The molecule has 0 bridgehead atoms. The fourth-order valence-corrected chi connectivity index (χ4v) is 2.86. The van der Waals surface area contributed by atoms with Gasteiger partial charge in [0, 0.05) is 16.1 Å². The molecule has 0 unspecified atom stereocenters. The van der Waals surface area contributed by atoms with E-state index in [4.69, 9.17) is 23.2 Å². The van der Waals surface area contributed by atoms with E-state index in [0.29, 0.717) is 21.2 Å². The van der Waals surface area contributed by atoms with Crippen molar-refractivity contribution in [3.8, 4) is 0 Å². The minimum absolute atomic E-state index is 0.100. The molecular formula is C18H12Cl2O. The van der Waals surface area contributed by atoms with Crippen molar-refractivity contribution in [2.75, 3.05) is 0 Å². The van der Waals surface area contributed by atoms with Gasteiger partial charge in [-0.25, -0.2) is 0 Å². The number of carbonyl (C=O) groups excluding carboxylic acids is 1. The normalized spacial score (nSPS) is 10.8. The maximum Gasteiger partial charge on any atom is 0.195 e. The molecule has 0 N–H and O–H groups in total. The number of ketones is 1. The van der Waals surface area contributed by atoms with Crippen LogP contribution in [0.5, 0.6) is 0 Å². The average Bonchev–Trinajstić information content (AvgIpc) is 2.49. The molecule has 0 spiro atoms. The number of fused-ring (bicyclic) bond motifs is 1. The molecule has 1 nitrogen and oxygen atoms in total. The monoisotopic (exact) mass is 314 g/mol. The van der Waals surface area contributed by atoms with E-state index in [1.54, 1.807) is 18.2 Å². The average molecular weight is 315 g/mol. The molecule has 0 saturated heterocycles. The Labute approximate surface area is 133 Å². The summed E-state index contributed by atoms with van der Waals surface area (Å²) in [6.45, 7) is 1.93. The third-order valence-electron chi connectivity index (χ3n) is 3.54. The largest absolute Gasteiger partial charge is 0.289 e. The van der Waals surface area contributed by atoms with Crippen LogP contribution in [-0.4, -0.2) is 5.78 Å². The van der Waals surface area contributed by atoms with Crippen molar-refractivity contribution in [3.63, 3.8) is 0 Å². The van der Waals surface area contributed by atoms with Crippen LogP contribution in [0.3, 0.4) is 0 Å². The summed E-state index contributed by atoms with van der Waals surface area (Å²) in [6.07, 6.45) is 0. The van der Waals surface area contributed by atoms with Gasteiger partial charge in [0.25, 0.3) is 0 Å². The summed E-state index contributed by atoms with van der Waals surface area (Å²) in [6, 6.07) is 16.7. The van der Waals surface area contributed by atoms with Gasteiger partial charge in [-0.05, 0) is 41.5 Å². The van der Waals surface area contributed by atoms with E-state index in [2.05, 4.69) is 0 Å². The van der Waals surface area contributed by atoms with Gasteiger partial charge in [0.15, 0.2) is 5.78 Å². The molecule has 0 atom stereocenters. The molecule has 3 aromatic carbocycles. The van der Waals surface area contributed by atoms with Crippen LogP contribution in [0.25, 0.3) is 10.8 Å². The summed E-state index contributed by atoms with van der Waals surface area (Å²) >= 11 is 12.2. The first kappa shape index (κ1) is 14.1. The Balaban J connectivity index is 2.27. The second-order valence-corrected chi connectivity index (χ2v) is 5.78. The molecule has 3 rings (SSSR count). The Morgan fingerprint density at radius 2 is 1.71 bits per heavy atom. The van der Waals surface area contributed by atoms with E-state index >= 15 is 0 Å². The van der Waals surface area contributed by atoms with Crippen molar-refractivity contribution in [1.29, 1.82) is 0 Å². The molecule has 0 aliphatic carbocycles. The lowest BCUT2D eigenvalue weighted by atomic mass is 9.93. The van der Waals surface area contributed by atoms with Crippen LogP contribution in [0.15, 0.2) is 54.6 Å². The molecule has 0 heterocycles. The number of benzene rings is 3. The van der Waals surface area contributed by atoms with Crippen molar-refractivity contribution in [2.24, 2.45) is 0 Å². The molecule has 3 heteroatoms. The summed E-state index contributed by atoms with van der Waals surface area (Å²) in [5, 5.41) is 2.88. The second-order valence-electron chi connectivity index (χ2n) is 4.93. The van der Waals surface area contributed by atoms with E-state index in [9.17, 15) is 4.79 Å². The summed E-state index contributed by atoms with van der Waals surface area (Å²) in [5.41, 5.74) is 2.04. The van der Waals surface area contributed by atoms with Gasteiger partial charge in [-0.2, -0.15) is 0 Å². The summed E-state index contributed by atoms with van der Waals surface area (Å²) in [7, 11) is 0. The van der Waals surface area contributed by atoms with Crippen LogP contribution in [0.4, 0.5) is 0 Å². The number of rotatable bonds is 2. The fourth-order valence-electron chi connectivity index (χ4n) is 2.49. The quantitative estimate of drug-likeness (QED) is 0.556. The lowest BCUT2D eigenvalue weighted by Gasteiger charge is -2.11. The first-order valence-electron chi connectivity index (χ1n) is 6.56. The van der Waals surface area contributed by atoms with E-state index in [-0.39, 0.29) is 5.78 Å². The Hall–Kier alpha value is -1.83. The van der Waals surface area contributed by atoms with E-state index in [1.165, 1.54) is 0 Å². The van der Waals surface area contributed by atoms with E-state index in [0.717, 1.165) is 16.3 Å². The van der Waals surface area contributed by atoms with Crippen LogP contribution >= 0.6 is 23.2 Å². The fraction of sp³-hybridized carbons (Fsp3) is 0.0556. The van der Waals surface area contributed by atoms with Crippen LogP contribution in [0.1, 0.15) is 21.5 Å². The lowest BCUT2D eigenvalue weighted by Crippen LogP contribution is -2.05. The predicted octanol–water partition coefficient (Wildman–Crippen LogP) is 5.69. The number of hydrogen-bond donors (Lipinski definition) is 0. The molecule has 3 aromatic rings. The second kappa shape index (κ2) is 5.51. The van der Waals surface area contributed by atoms with Crippen LogP contribution < -0.4 is 0 Å². The zero-order valence-electron chi connectivity index (χ0n) is 11.4. The van der Waals surface area contributed by atoms with Crippen molar-refractivity contribution < 1.29 is 4.79 Å². The van der Waals surface area contributed by atoms with Crippen molar-refractivity contribution >= 4 is 39.8 Å². The van der Waals surface area contributed by atoms with Crippen molar-refractivity contribution in [1.82, 2.24) is 0 Å². The van der Waals surface area contributed by atoms with Gasteiger partial charge >= 0.3 is 0 Å². The molecule has 0 radical (unpaired) electrons. The zero-order valence-corrected chi connectivity index (χ0v) is 12.9. The van der Waals surface area contributed by atoms with Crippen LogP contribution in [0.2, 0.25) is 10.0 Å². The van der Waals surface area contributed by atoms with Gasteiger partial charge < -0.3 is 0 Å². The van der Waals surface area contributed by atoms with E-state index in [1.807, 2.05) is 43.3 Å². The molecule has 0 amide bonds. The maximum absolute atomic E-state index is 12.9. The van der Waals surface area contributed by atoms with Crippen molar-refractivity contribution in [2.45, 2.75) is 6.92 Å². The molecule has 104 valence electrons. The first-order chi connectivity index (χ1) is 10.1. The van der Waals surface area contributed by atoms with Gasteiger partial charge in [-0.1, -0.05) is 59.6 Å². The van der Waals surface area contributed by atoms with Gasteiger partial charge in [-0.15, -0.1) is 0 Å². The van der Waals surface area contributed by atoms with Gasteiger partial charge in [0.05, 0.1) is 5.02 Å². The highest BCUT2D eigenvalue weighted by molar-refractivity contribution is 6.37. The smallest absolute Gasteiger partial charge is 0.195 e. The third kappa shape index (κ3) is 2.55. The number of hydrogen-bond acceptors (Lipinski definition) is 1. The zero-order chi connectivity index (χ0) is 15.0. The summed E-state index contributed by atoms with van der Waals surface area (Å²) in [4.78, 5) is 12.9. The molecule has 0 aliphatic heterocycles. The Bertz CT molecular complexity index is 853. The minimum atomic E-state index is -0.100. The number of aryl methyl sites for hydroxylation is 1. The van der Waals surface area contributed by atoms with Gasteiger partial charge in [-0.3, -0.25) is 4.79 Å². The third-order valence-corrected chi connectivity index (χ3v) is 4.10. The Morgan fingerprint density at radius 3 is 2.52 bits per heavy atom. The van der Waals surface area contributed by atoms with Crippen LogP contribution in [0, 0.1) is 6.92 Å². The molecule has 0 saturated carbocycles. The highest BCUT2D eigenvalue weighted by Gasteiger charge is 2.18. The van der Waals surface area contributed by atoms with E-state index < -0.39 is 0 Å². The first-order valence-corrected chi connectivity index (χ1v) is 7.31. The van der Waals surface area contributed by atoms with Crippen molar-refractivity contribution in [3.05, 3.63) is 81.3 Å². The highest BCUT2D eigenvalue weighted by atomic mass is 35.5. The standard InChI is InChI=1S/C18H12Cl2O/c1-11-6-7-12-4-2-3-5-14(12)17(11)18(21)15-10-13(19)8-9-16(15)20/h2-10H,1H3. The Kier molecular flexibility index (Phi) is 3.71. The number of carbonyl (C=O) groups is 1. The van der Waals surface area contributed by atoms with Crippen LogP contribution in [-0.2, 0) is 0 Å².